The maximum absolute atomic E-state index is 12.1. The lowest BCUT2D eigenvalue weighted by atomic mass is 10.0. The second kappa shape index (κ2) is 6.57. The van der Waals surface area contributed by atoms with E-state index in [9.17, 15) is 4.79 Å². The van der Waals surface area contributed by atoms with E-state index < -0.39 is 0 Å². The molecule has 2 nitrogen and oxygen atoms in total. The third-order valence-electron chi connectivity index (χ3n) is 3.61. The van der Waals surface area contributed by atoms with Crippen molar-refractivity contribution in [3.63, 3.8) is 0 Å². The van der Waals surface area contributed by atoms with Gasteiger partial charge in [-0.05, 0) is 37.0 Å². The lowest BCUT2D eigenvalue weighted by molar-refractivity contribution is 0.0921. The summed E-state index contributed by atoms with van der Waals surface area (Å²) in [6.07, 6.45) is 0. The molecular formula is C19H22O2. The van der Waals surface area contributed by atoms with Crippen molar-refractivity contribution in [3.8, 4) is 5.75 Å². The summed E-state index contributed by atoms with van der Waals surface area (Å²) >= 11 is 0. The number of ether oxygens (including phenoxy) is 1. The number of carbonyl (C=O) groups excluding carboxylic acids is 1. The average Bonchev–Trinajstić information content (AvgIpc) is 2.46. The van der Waals surface area contributed by atoms with Gasteiger partial charge in [0.1, 0.15) is 5.75 Å². The van der Waals surface area contributed by atoms with Crippen LogP contribution < -0.4 is 4.74 Å². The van der Waals surface area contributed by atoms with Gasteiger partial charge in [-0.15, -0.1) is 0 Å². The molecule has 0 unspecified atom stereocenters. The zero-order chi connectivity index (χ0) is 15.4. The van der Waals surface area contributed by atoms with Gasteiger partial charge in [0.25, 0.3) is 0 Å². The number of benzene rings is 2. The molecule has 0 saturated heterocycles. The lowest BCUT2D eigenvalue weighted by Crippen LogP contribution is -2.12. The fourth-order valence-corrected chi connectivity index (χ4v) is 2.10. The first-order valence-corrected chi connectivity index (χ1v) is 7.30. The monoisotopic (exact) mass is 282 g/mol. The highest BCUT2D eigenvalue weighted by molar-refractivity contribution is 5.97. The molecule has 0 aliphatic heterocycles. The molecule has 0 N–H and O–H groups in total. The van der Waals surface area contributed by atoms with Gasteiger partial charge in [0.2, 0.25) is 0 Å². The number of ketones is 1. The highest BCUT2D eigenvalue weighted by Crippen LogP contribution is 2.24. The number of carbonyl (C=O) groups is 1. The van der Waals surface area contributed by atoms with Crippen molar-refractivity contribution in [2.75, 3.05) is 6.61 Å². The van der Waals surface area contributed by atoms with Crippen molar-refractivity contribution in [3.05, 3.63) is 64.7 Å². The first-order chi connectivity index (χ1) is 9.97. The molecule has 2 rings (SSSR count). The maximum atomic E-state index is 12.1. The van der Waals surface area contributed by atoms with Gasteiger partial charge in [0, 0.05) is 5.56 Å². The highest BCUT2D eigenvalue weighted by Gasteiger charge is 2.09. The van der Waals surface area contributed by atoms with E-state index in [1.807, 2.05) is 50.2 Å². The summed E-state index contributed by atoms with van der Waals surface area (Å²) < 4.78 is 5.72. The predicted octanol–water partition coefficient (Wildman–Crippen LogP) is 4.69. The Morgan fingerprint density at radius 2 is 1.71 bits per heavy atom. The second-order valence-electron chi connectivity index (χ2n) is 5.76. The van der Waals surface area contributed by atoms with Gasteiger partial charge in [-0.2, -0.15) is 0 Å². The average molecular weight is 282 g/mol. The topological polar surface area (TPSA) is 26.3 Å². The summed E-state index contributed by atoms with van der Waals surface area (Å²) in [7, 11) is 0. The van der Waals surface area contributed by atoms with E-state index in [2.05, 4.69) is 19.9 Å². The van der Waals surface area contributed by atoms with E-state index in [-0.39, 0.29) is 12.4 Å². The molecule has 0 atom stereocenters. The van der Waals surface area contributed by atoms with Crippen LogP contribution in [0.5, 0.6) is 5.75 Å². The standard InChI is InChI=1S/C19H22O2/c1-13(2)17-10-7-15(4)19(11-17)21-12-18(20)16-8-5-14(3)6-9-16/h5-11,13H,12H2,1-4H3. The van der Waals surface area contributed by atoms with Crippen LogP contribution in [0.3, 0.4) is 0 Å². The third kappa shape index (κ3) is 3.94. The highest BCUT2D eigenvalue weighted by atomic mass is 16.5. The molecule has 0 bridgehead atoms. The molecule has 2 aromatic rings. The van der Waals surface area contributed by atoms with Gasteiger partial charge < -0.3 is 4.74 Å². The van der Waals surface area contributed by atoms with Crippen LogP contribution in [0.2, 0.25) is 0 Å². The molecule has 0 aliphatic rings. The number of aryl methyl sites for hydroxylation is 2. The summed E-state index contributed by atoms with van der Waals surface area (Å²) in [5.41, 5.74) is 4.11. The van der Waals surface area contributed by atoms with E-state index in [1.165, 1.54) is 5.56 Å². The number of Topliss-reactive ketones (excluding diaryl/α,β-unsaturated/α-hetero) is 1. The van der Waals surface area contributed by atoms with Crippen molar-refractivity contribution in [2.24, 2.45) is 0 Å². The SMILES string of the molecule is Cc1ccc(C(=O)COc2cc(C(C)C)ccc2C)cc1. The van der Waals surface area contributed by atoms with Crippen LogP contribution in [0.1, 0.15) is 46.8 Å². The first-order valence-electron chi connectivity index (χ1n) is 7.30. The van der Waals surface area contributed by atoms with Crippen molar-refractivity contribution in [1.29, 1.82) is 0 Å². The van der Waals surface area contributed by atoms with Gasteiger partial charge in [0.15, 0.2) is 12.4 Å². The normalized spacial score (nSPS) is 10.7. The smallest absolute Gasteiger partial charge is 0.200 e. The minimum absolute atomic E-state index is 0.00403. The van der Waals surface area contributed by atoms with E-state index in [1.54, 1.807) is 0 Å². The molecule has 2 aromatic carbocycles. The van der Waals surface area contributed by atoms with Crippen LogP contribution in [0.4, 0.5) is 0 Å². The molecule has 2 heteroatoms. The molecule has 110 valence electrons. The maximum Gasteiger partial charge on any atom is 0.200 e. The van der Waals surface area contributed by atoms with Gasteiger partial charge in [-0.3, -0.25) is 4.79 Å². The van der Waals surface area contributed by atoms with Crippen LogP contribution in [-0.4, -0.2) is 12.4 Å². The van der Waals surface area contributed by atoms with Gasteiger partial charge >= 0.3 is 0 Å². The van der Waals surface area contributed by atoms with Crippen molar-refractivity contribution < 1.29 is 9.53 Å². The largest absolute Gasteiger partial charge is 0.485 e. The third-order valence-corrected chi connectivity index (χ3v) is 3.61. The van der Waals surface area contributed by atoms with Crippen molar-refractivity contribution >= 4 is 5.78 Å². The van der Waals surface area contributed by atoms with Gasteiger partial charge in [0.05, 0.1) is 0 Å². The Morgan fingerprint density at radius 3 is 2.33 bits per heavy atom. The summed E-state index contributed by atoms with van der Waals surface area (Å²) in [6.45, 7) is 8.37. The van der Waals surface area contributed by atoms with E-state index in [0.717, 1.165) is 16.9 Å². The Labute approximate surface area is 126 Å². The Bertz CT molecular complexity index is 625. The molecule has 0 spiro atoms. The zero-order valence-electron chi connectivity index (χ0n) is 13.1. The molecule has 0 heterocycles. The fourth-order valence-electron chi connectivity index (χ4n) is 2.10. The van der Waals surface area contributed by atoms with Crippen LogP contribution in [0, 0.1) is 13.8 Å². The summed E-state index contributed by atoms with van der Waals surface area (Å²) in [5, 5.41) is 0. The molecule has 0 fully saturated rings. The van der Waals surface area contributed by atoms with Crippen LogP contribution in [-0.2, 0) is 0 Å². The summed E-state index contributed by atoms with van der Waals surface area (Å²) in [4.78, 5) is 12.1. The van der Waals surface area contributed by atoms with Crippen molar-refractivity contribution in [2.45, 2.75) is 33.6 Å². The molecule has 0 saturated carbocycles. The Hall–Kier alpha value is -2.09. The molecule has 21 heavy (non-hydrogen) atoms. The lowest BCUT2D eigenvalue weighted by Gasteiger charge is -2.12. The van der Waals surface area contributed by atoms with Crippen LogP contribution >= 0.6 is 0 Å². The quantitative estimate of drug-likeness (QED) is 0.744. The molecule has 0 amide bonds. The second-order valence-corrected chi connectivity index (χ2v) is 5.76. The number of hydrogen-bond acceptors (Lipinski definition) is 2. The van der Waals surface area contributed by atoms with Crippen molar-refractivity contribution in [1.82, 2.24) is 0 Å². The Morgan fingerprint density at radius 1 is 1.05 bits per heavy atom. The summed E-state index contributed by atoms with van der Waals surface area (Å²) in [5.74, 6) is 1.24. The van der Waals surface area contributed by atoms with E-state index in [0.29, 0.717) is 11.5 Å². The van der Waals surface area contributed by atoms with Crippen LogP contribution in [0.15, 0.2) is 42.5 Å². The first kappa shape index (κ1) is 15.3. The van der Waals surface area contributed by atoms with E-state index in [4.69, 9.17) is 4.74 Å². The van der Waals surface area contributed by atoms with E-state index >= 15 is 0 Å². The zero-order valence-corrected chi connectivity index (χ0v) is 13.1. The number of hydrogen-bond donors (Lipinski definition) is 0. The summed E-state index contributed by atoms with van der Waals surface area (Å²) in [6, 6.07) is 13.8. The fraction of sp³-hybridized carbons (Fsp3) is 0.316. The molecule has 0 aliphatic carbocycles. The Kier molecular flexibility index (Phi) is 4.79. The number of rotatable bonds is 5. The van der Waals surface area contributed by atoms with Gasteiger partial charge in [-0.25, -0.2) is 0 Å². The molecular weight excluding hydrogens is 260 g/mol. The molecule has 0 radical (unpaired) electrons. The van der Waals surface area contributed by atoms with Gasteiger partial charge in [-0.1, -0.05) is 55.8 Å². The minimum atomic E-state index is 0.00403. The van der Waals surface area contributed by atoms with Crippen LogP contribution in [0.25, 0.3) is 0 Å². The predicted molar refractivity (Wildman–Crippen MR) is 86.3 cm³/mol. The molecule has 0 aromatic heterocycles. The minimum Gasteiger partial charge on any atom is -0.485 e. The Balaban J connectivity index is 2.07.